The van der Waals surface area contributed by atoms with E-state index in [1.165, 1.54) is 0 Å². The van der Waals surface area contributed by atoms with Crippen LogP contribution in [0.3, 0.4) is 0 Å². The Morgan fingerprint density at radius 2 is 1.52 bits per heavy atom. The van der Waals surface area contributed by atoms with Gasteiger partial charge in [0.25, 0.3) is 0 Å². The third kappa shape index (κ3) is 4.11. The zero-order valence-corrected chi connectivity index (χ0v) is 15.0. The predicted molar refractivity (Wildman–Crippen MR) is 105 cm³/mol. The minimum Gasteiger partial charge on any atom is -0.454 e. The van der Waals surface area contributed by atoms with Gasteiger partial charge in [-0.2, -0.15) is 0 Å². The molecule has 0 spiro atoms. The number of carbonyl (C=O) groups excluding carboxylic acids is 1. The number of nitrogens with zero attached hydrogens (tertiary/aromatic N) is 1. The van der Waals surface area contributed by atoms with Gasteiger partial charge in [-0.3, -0.25) is 4.79 Å². The van der Waals surface area contributed by atoms with Crippen LogP contribution in [0.2, 0.25) is 0 Å². The van der Waals surface area contributed by atoms with Crippen molar-refractivity contribution in [3.8, 4) is 11.5 Å². The average molecular weight is 359 g/mol. The summed E-state index contributed by atoms with van der Waals surface area (Å²) in [6, 6.07) is 25.7. The molecule has 0 fully saturated rings. The van der Waals surface area contributed by atoms with Crippen molar-refractivity contribution in [1.29, 1.82) is 0 Å². The van der Waals surface area contributed by atoms with E-state index >= 15 is 0 Å². The van der Waals surface area contributed by atoms with Crippen LogP contribution in [0.25, 0.3) is 0 Å². The largest absolute Gasteiger partial charge is 0.454 e. The van der Waals surface area contributed by atoms with E-state index in [2.05, 4.69) is 0 Å². The number of para-hydroxylation sites is 1. The molecule has 4 rings (SSSR count). The maximum Gasteiger partial charge on any atom is 0.231 e. The maximum absolute atomic E-state index is 13.0. The molecule has 4 nitrogen and oxygen atoms in total. The third-order valence-electron chi connectivity index (χ3n) is 4.62. The van der Waals surface area contributed by atoms with E-state index in [0.29, 0.717) is 19.4 Å². The number of carbonyl (C=O) groups is 1. The number of hydrogen-bond donors (Lipinski definition) is 0. The van der Waals surface area contributed by atoms with E-state index in [9.17, 15) is 4.79 Å². The molecule has 0 saturated carbocycles. The Morgan fingerprint density at radius 1 is 0.815 bits per heavy atom. The highest BCUT2D eigenvalue weighted by atomic mass is 16.7. The first-order valence-electron chi connectivity index (χ1n) is 9.07. The minimum atomic E-state index is 0.0997. The number of aryl methyl sites for hydroxylation is 1. The van der Waals surface area contributed by atoms with Crippen LogP contribution in [0.1, 0.15) is 17.5 Å². The molecule has 0 saturated heterocycles. The van der Waals surface area contributed by atoms with Gasteiger partial charge in [0.05, 0.1) is 6.54 Å². The Hall–Kier alpha value is -3.27. The SMILES string of the molecule is O=C(CCc1ccc2c(c1)OCO2)N(Cc1ccccc1)c1ccccc1. The zero-order valence-electron chi connectivity index (χ0n) is 15.0. The fraction of sp³-hybridized carbons (Fsp3) is 0.174. The second-order valence-electron chi connectivity index (χ2n) is 6.49. The molecule has 0 bridgehead atoms. The molecule has 0 N–H and O–H groups in total. The van der Waals surface area contributed by atoms with Gasteiger partial charge in [-0.25, -0.2) is 0 Å². The van der Waals surface area contributed by atoms with E-state index in [4.69, 9.17) is 9.47 Å². The van der Waals surface area contributed by atoms with Crippen molar-refractivity contribution in [2.45, 2.75) is 19.4 Å². The molecule has 1 amide bonds. The average Bonchev–Trinajstić information content (AvgIpc) is 3.19. The summed E-state index contributed by atoms with van der Waals surface area (Å²) in [6.45, 7) is 0.821. The van der Waals surface area contributed by atoms with E-state index in [0.717, 1.165) is 28.3 Å². The summed E-state index contributed by atoms with van der Waals surface area (Å²) in [5, 5.41) is 0. The number of benzene rings is 3. The molecule has 0 aliphatic carbocycles. The van der Waals surface area contributed by atoms with Crippen molar-refractivity contribution >= 4 is 11.6 Å². The summed E-state index contributed by atoms with van der Waals surface area (Å²) < 4.78 is 10.8. The van der Waals surface area contributed by atoms with Gasteiger partial charge in [0, 0.05) is 12.1 Å². The summed E-state index contributed by atoms with van der Waals surface area (Å²) in [7, 11) is 0. The lowest BCUT2D eigenvalue weighted by Gasteiger charge is -2.23. The standard InChI is InChI=1S/C23H21NO3/c25-23(14-12-18-11-13-21-22(15-18)27-17-26-21)24(20-9-5-2-6-10-20)16-19-7-3-1-4-8-19/h1-11,13,15H,12,14,16-17H2. The predicted octanol–water partition coefficient (Wildman–Crippen LogP) is 4.58. The molecule has 1 aliphatic heterocycles. The van der Waals surface area contributed by atoms with Crippen molar-refractivity contribution in [3.63, 3.8) is 0 Å². The van der Waals surface area contributed by atoms with Crippen LogP contribution in [-0.4, -0.2) is 12.7 Å². The number of amides is 1. The van der Waals surface area contributed by atoms with E-state index in [-0.39, 0.29) is 12.7 Å². The molecule has 0 atom stereocenters. The highest BCUT2D eigenvalue weighted by molar-refractivity contribution is 5.93. The maximum atomic E-state index is 13.0. The highest BCUT2D eigenvalue weighted by Crippen LogP contribution is 2.33. The molecule has 3 aromatic carbocycles. The fourth-order valence-electron chi connectivity index (χ4n) is 3.18. The summed E-state index contributed by atoms with van der Waals surface area (Å²) in [4.78, 5) is 14.9. The summed E-state index contributed by atoms with van der Waals surface area (Å²) in [5.41, 5.74) is 3.09. The van der Waals surface area contributed by atoms with Gasteiger partial charge < -0.3 is 14.4 Å². The number of anilines is 1. The van der Waals surface area contributed by atoms with Crippen molar-refractivity contribution in [1.82, 2.24) is 0 Å². The van der Waals surface area contributed by atoms with E-state index in [1.54, 1.807) is 0 Å². The van der Waals surface area contributed by atoms with Gasteiger partial charge in [-0.05, 0) is 41.8 Å². The van der Waals surface area contributed by atoms with Crippen LogP contribution in [0, 0.1) is 0 Å². The molecular weight excluding hydrogens is 338 g/mol. The molecule has 0 radical (unpaired) electrons. The minimum absolute atomic E-state index is 0.0997. The van der Waals surface area contributed by atoms with Crippen molar-refractivity contribution < 1.29 is 14.3 Å². The van der Waals surface area contributed by atoms with Crippen LogP contribution in [0.5, 0.6) is 11.5 Å². The van der Waals surface area contributed by atoms with E-state index < -0.39 is 0 Å². The molecule has 0 unspecified atom stereocenters. The molecule has 0 aromatic heterocycles. The first kappa shape index (κ1) is 17.2. The van der Waals surface area contributed by atoms with E-state index in [1.807, 2.05) is 83.8 Å². The number of rotatable bonds is 6. The second kappa shape index (κ2) is 7.96. The fourth-order valence-corrected chi connectivity index (χ4v) is 3.18. The first-order chi connectivity index (χ1) is 13.3. The zero-order chi connectivity index (χ0) is 18.5. The van der Waals surface area contributed by atoms with Gasteiger partial charge in [-0.15, -0.1) is 0 Å². The number of hydrogen-bond acceptors (Lipinski definition) is 3. The Balaban J connectivity index is 1.48. The summed E-state index contributed by atoms with van der Waals surface area (Å²) >= 11 is 0. The second-order valence-corrected chi connectivity index (χ2v) is 6.49. The molecule has 136 valence electrons. The lowest BCUT2D eigenvalue weighted by Crippen LogP contribution is -2.30. The van der Waals surface area contributed by atoms with Gasteiger partial charge >= 0.3 is 0 Å². The lowest BCUT2D eigenvalue weighted by molar-refractivity contribution is -0.118. The first-order valence-corrected chi connectivity index (χ1v) is 9.07. The van der Waals surface area contributed by atoms with Crippen LogP contribution < -0.4 is 14.4 Å². The van der Waals surface area contributed by atoms with Crippen molar-refractivity contribution in [2.75, 3.05) is 11.7 Å². The lowest BCUT2D eigenvalue weighted by atomic mass is 10.1. The Labute approximate surface area is 159 Å². The summed E-state index contributed by atoms with van der Waals surface area (Å²) in [5.74, 6) is 1.62. The summed E-state index contributed by atoms with van der Waals surface area (Å²) in [6.07, 6.45) is 1.09. The van der Waals surface area contributed by atoms with Crippen molar-refractivity contribution in [2.24, 2.45) is 0 Å². The van der Waals surface area contributed by atoms with Crippen LogP contribution in [-0.2, 0) is 17.8 Å². The Kier molecular flexibility index (Phi) is 5.06. The quantitative estimate of drug-likeness (QED) is 0.647. The molecule has 1 aliphatic rings. The normalized spacial score (nSPS) is 12.0. The monoisotopic (exact) mass is 359 g/mol. The van der Waals surface area contributed by atoms with Gasteiger partial charge in [0.1, 0.15) is 0 Å². The molecule has 4 heteroatoms. The van der Waals surface area contributed by atoms with Crippen LogP contribution >= 0.6 is 0 Å². The topological polar surface area (TPSA) is 38.8 Å². The van der Waals surface area contributed by atoms with Crippen molar-refractivity contribution in [3.05, 3.63) is 90.0 Å². The highest BCUT2D eigenvalue weighted by Gasteiger charge is 2.17. The molecule has 1 heterocycles. The van der Waals surface area contributed by atoms with Crippen LogP contribution in [0.4, 0.5) is 5.69 Å². The number of fused-ring (bicyclic) bond motifs is 1. The van der Waals surface area contributed by atoms with Gasteiger partial charge in [-0.1, -0.05) is 54.6 Å². The molecular formula is C23H21NO3. The molecule has 3 aromatic rings. The molecule has 27 heavy (non-hydrogen) atoms. The Bertz CT molecular complexity index is 909. The number of ether oxygens (including phenoxy) is 2. The van der Waals surface area contributed by atoms with Gasteiger partial charge in [0.15, 0.2) is 11.5 Å². The van der Waals surface area contributed by atoms with Gasteiger partial charge in [0.2, 0.25) is 12.7 Å². The third-order valence-corrected chi connectivity index (χ3v) is 4.62. The Morgan fingerprint density at radius 3 is 2.30 bits per heavy atom. The van der Waals surface area contributed by atoms with Crippen LogP contribution in [0.15, 0.2) is 78.9 Å². The smallest absolute Gasteiger partial charge is 0.231 e.